The lowest BCUT2D eigenvalue weighted by atomic mass is 10.1. The summed E-state index contributed by atoms with van der Waals surface area (Å²) in [5.74, 6) is -2.53. The normalized spacial score (nSPS) is 15.8. The number of benzene rings is 2. The molecule has 29 heavy (non-hydrogen) atoms. The van der Waals surface area contributed by atoms with Crippen molar-refractivity contribution in [3.63, 3.8) is 0 Å². The summed E-state index contributed by atoms with van der Waals surface area (Å²) >= 11 is 0. The molecule has 0 aromatic heterocycles. The first-order chi connectivity index (χ1) is 13.8. The van der Waals surface area contributed by atoms with Crippen LogP contribution in [0.15, 0.2) is 42.5 Å². The van der Waals surface area contributed by atoms with Gasteiger partial charge in [-0.25, -0.2) is 0 Å². The highest BCUT2D eigenvalue weighted by Crippen LogP contribution is 2.36. The van der Waals surface area contributed by atoms with Crippen LogP contribution < -0.4 is 20.1 Å². The van der Waals surface area contributed by atoms with Crippen molar-refractivity contribution in [3.8, 4) is 5.75 Å². The third-order valence-corrected chi connectivity index (χ3v) is 4.55. The number of ether oxygens (including phenoxy) is 1. The summed E-state index contributed by atoms with van der Waals surface area (Å²) in [6, 6.07) is 9.35. The highest BCUT2D eigenvalue weighted by atomic mass is 16.6. The number of amides is 2. The number of carboxylic acid groups (broad SMARTS) is 1. The first-order valence-corrected chi connectivity index (χ1v) is 8.55. The summed E-state index contributed by atoms with van der Waals surface area (Å²) in [6.07, 6.45) is -0.0386. The molecule has 10 nitrogen and oxygen atoms in total. The molecule has 1 fully saturated rings. The minimum atomic E-state index is -1.32. The minimum Gasteiger partial charge on any atom is -0.545 e. The highest BCUT2D eigenvalue weighted by molar-refractivity contribution is 6.04. The van der Waals surface area contributed by atoms with E-state index in [1.807, 2.05) is 0 Å². The predicted molar refractivity (Wildman–Crippen MR) is 99.5 cm³/mol. The van der Waals surface area contributed by atoms with E-state index in [1.165, 1.54) is 54.5 Å². The van der Waals surface area contributed by atoms with Gasteiger partial charge >= 0.3 is 0 Å². The minimum absolute atomic E-state index is 0.0181. The fourth-order valence-corrected chi connectivity index (χ4v) is 3.05. The number of anilines is 2. The number of methoxy groups -OCH3 is 1. The largest absolute Gasteiger partial charge is 0.545 e. The van der Waals surface area contributed by atoms with E-state index < -0.39 is 22.7 Å². The second-order valence-electron chi connectivity index (χ2n) is 6.37. The summed E-state index contributed by atoms with van der Waals surface area (Å²) < 4.78 is 5.17. The summed E-state index contributed by atoms with van der Waals surface area (Å²) in [4.78, 5) is 47.4. The molecule has 1 N–H and O–H groups in total. The molecule has 0 spiro atoms. The van der Waals surface area contributed by atoms with Crippen LogP contribution >= 0.6 is 0 Å². The van der Waals surface area contributed by atoms with Crippen LogP contribution in [0.1, 0.15) is 16.8 Å². The van der Waals surface area contributed by atoms with Gasteiger partial charge in [-0.3, -0.25) is 19.7 Å². The number of nitrogens with zero attached hydrogens (tertiary/aromatic N) is 2. The first-order valence-electron chi connectivity index (χ1n) is 8.55. The topological polar surface area (TPSA) is 142 Å². The van der Waals surface area contributed by atoms with E-state index in [0.717, 1.165) is 0 Å². The Hall–Kier alpha value is -3.95. The van der Waals surface area contributed by atoms with Crippen molar-refractivity contribution in [2.24, 2.45) is 5.92 Å². The molecule has 1 aliphatic rings. The number of hydrogen-bond acceptors (Lipinski definition) is 7. The third kappa shape index (κ3) is 4.15. The molecule has 1 atom stereocenters. The van der Waals surface area contributed by atoms with Gasteiger partial charge in [0.15, 0.2) is 0 Å². The maximum Gasteiger partial charge on any atom is 0.273 e. The zero-order valence-electron chi connectivity index (χ0n) is 15.3. The van der Waals surface area contributed by atoms with Crippen LogP contribution in [-0.2, 0) is 9.59 Å². The molecule has 1 heterocycles. The van der Waals surface area contributed by atoms with Gasteiger partial charge in [0.2, 0.25) is 11.8 Å². The fourth-order valence-electron chi connectivity index (χ4n) is 3.05. The Balaban J connectivity index is 1.73. The lowest BCUT2D eigenvalue weighted by Crippen LogP contribution is -2.28. The van der Waals surface area contributed by atoms with Crippen molar-refractivity contribution in [1.82, 2.24) is 0 Å². The first kappa shape index (κ1) is 19.8. The van der Waals surface area contributed by atoms with Crippen LogP contribution in [0.4, 0.5) is 17.1 Å². The predicted octanol–water partition coefficient (Wildman–Crippen LogP) is 0.958. The number of non-ortho nitro benzene ring substituents is 1. The Kier molecular flexibility index (Phi) is 5.44. The number of carboxylic acids is 1. The summed E-state index contributed by atoms with van der Waals surface area (Å²) in [5.41, 5.74) is 0.539. The SMILES string of the molecule is COc1cc([N+](=O)[O-])ccc1N1C[C@@H](C(=O)Nc2ccc(C(=O)[O-])cc2)CC1=O. The number of nitro groups is 1. The lowest BCUT2D eigenvalue weighted by Gasteiger charge is -2.19. The zero-order valence-corrected chi connectivity index (χ0v) is 15.3. The Bertz CT molecular complexity index is 988. The second-order valence-corrected chi connectivity index (χ2v) is 6.37. The fraction of sp³-hybridized carbons (Fsp3) is 0.211. The molecule has 2 amide bonds. The maximum absolute atomic E-state index is 12.5. The van der Waals surface area contributed by atoms with E-state index in [1.54, 1.807) is 0 Å². The Labute approximate surface area is 164 Å². The van der Waals surface area contributed by atoms with Gasteiger partial charge in [0.25, 0.3) is 5.69 Å². The Morgan fingerprint density at radius 3 is 2.48 bits per heavy atom. The Morgan fingerprint density at radius 2 is 1.90 bits per heavy atom. The Morgan fingerprint density at radius 1 is 1.21 bits per heavy atom. The molecule has 1 saturated heterocycles. The van der Waals surface area contributed by atoms with Crippen LogP contribution in [0.2, 0.25) is 0 Å². The molecule has 0 unspecified atom stereocenters. The van der Waals surface area contributed by atoms with E-state index in [0.29, 0.717) is 11.4 Å². The number of carbonyl (C=O) groups is 3. The van der Waals surface area contributed by atoms with Gasteiger partial charge in [-0.05, 0) is 23.8 Å². The molecular weight excluding hydrogens is 382 g/mol. The van der Waals surface area contributed by atoms with E-state index in [4.69, 9.17) is 4.74 Å². The monoisotopic (exact) mass is 398 g/mol. The van der Waals surface area contributed by atoms with E-state index in [-0.39, 0.29) is 35.9 Å². The van der Waals surface area contributed by atoms with E-state index in [2.05, 4.69) is 5.32 Å². The summed E-state index contributed by atoms with van der Waals surface area (Å²) in [6.45, 7) is 0.0793. The van der Waals surface area contributed by atoms with Gasteiger partial charge in [-0.15, -0.1) is 0 Å². The standard InChI is InChI=1S/C19H17N3O7/c1-29-16-9-14(22(27)28)6-7-15(16)21-10-12(8-17(21)23)18(24)20-13-4-2-11(3-5-13)19(25)26/h2-7,9,12H,8,10H2,1H3,(H,20,24)(H,25,26)/p-1/t12-/m0/s1. The molecule has 0 aliphatic carbocycles. The van der Waals surface area contributed by atoms with Crippen LogP contribution in [0.5, 0.6) is 5.75 Å². The quantitative estimate of drug-likeness (QED) is 0.564. The van der Waals surface area contributed by atoms with E-state index >= 15 is 0 Å². The van der Waals surface area contributed by atoms with Gasteiger partial charge in [0, 0.05) is 24.7 Å². The van der Waals surface area contributed by atoms with Crippen LogP contribution in [0.25, 0.3) is 0 Å². The number of nitrogens with one attached hydrogen (secondary N) is 1. The smallest absolute Gasteiger partial charge is 0.273 e. The van der Waals surface area contributed by atoms with Gasteiger partial charge in [-0.1, -0.05) is 12.1 Å². The molecule has 3 rings (SSSR count). The van der Waals surface area contributed by atoms with Gasteiger partial charge in [0.05, 0.1) is 35.7 Å². The molecular formula is C19H16N3O7-. The molecule has 1 aliphatic heterocycles. The van der Waals surface area contributed by atoms with E-state index in [9.17, 15) is 29.6 Å². The number of nitro benzene ring substituents is 1. The van der Waals surface area contributed by atoms with Crippen molar-refractivity contribution in [1.29, 1.82) is 0 Å². The van der Waals surface area contributed by atoms with Gasteiger partial charge in [-0.2, -0.15) is 0 Å². The van der Waals surface area contributed by atoms with Crippen molar-refractivity contribution < 1.29 is 29.2 Å². The lowest BCUT2D eigenvalue weighted by molar-refractivity contribution is -0.384. The summed E-state index contributed by atoms with van der Waals surface area (Å²) in [5, 5.41) is 24.3. The molecule has 2 aromatic rings. The average Bonchev–Trinajstić information content (AvgIpc) is 3.09. The summed E-state index contributed by atoms with van der Waals surface area (Å²) in [7, 11) is 1.34. The molecule has 2 aromatic carbocycles. The number of aromatic carboxylic acids is 1. The van der Waals surface area contributed by atoms with Crippen molar-refractivity contribution >= 4 is 34.8 Å². The molecule has 0 saturated carbocycles. The molecule has 0 radical (unpaired) electrons. The maximum atomic E-state index is 12.5. The zero-order chi connectivity index (χ0) is 21.1. The number of rotatable bonds is 6. The van der Waals surface area contributed by atoms with Crippen molar-refractivity contribution in [3.05, 3.63) is 58.1 Å². The second kappa shape index (κ2) is 7.97. The van der Waals surface area contributed by atoms with Crippen molar-refractivity contribution in [2.45, 2.75) is 6.42 Å². The average molecular weight is 398 g/mol. The van der Waals surface area contributed by atoms with Crippen LogP contribution in [-0.4, -0.2) is 36.4 Å². The van der Waals surface area contributed by atoms with Crippen LogP contribution in [0.3, 0.4) is 0 Å². The molecule has 150 valence electrons. The number of carbonyl (C=O) groups excluding carboxylic acids is 3. The van der Waals surface area contributed by atoms with Crippen LogP contribution in [0, 0.1) is 16.0 Å². The van der Waals surface area contributed by atoms with Crippen molar-refractivity contribution in [2.75, 3.05) is 23.9 Å². The molecule has 10 heteroatoms. The van der Waals surface area contributed by atoms with Gasteiger partial charge < -0.3 is 24.9 Å². The third-order valence-electron chi connectivity index (χ3n) is 4.55. The van der Waals surface area contributed by atoms with Gasteiger partial charge in [0.1, 0.15) is 5.75 Å². The highest BCUT2D eigenvalue weighted by Gasteiger charge is 2.36. The number of hydrogen-bond donors (Lipinski definition) is 1. The molecule has 0 bridgehead atoms.